The number of aromatic nitrogens is 1. The van der Waals surface area contributed by atoms with Crippen LogP contribution in [0, 0.1) is 5.92 Å². The Morgan fingerprint density at radius 2 is 2.30 bits per heavy atom. The quantitative estimate of drug-likeness (QED) is 0.714. The van der Waals surface area contributed by atoms with E-state index in [4.69, 9.17) is 0 Å². The van der Waals surface area contributed by atoms with Gasteiger partial charge >= 0.3 is 6.03 Å². The molecule has 7 heteroatoms. The van der Waals surface area contributed by atoms with E-state index in [-0.39, 0.29) is 17.7 Å². The molecule has 1 aromatic heterocycles. The molecule has 1 spiro atoms. The van der Waals surface area contributed by atoms with Crippen molar-refractivity contribution in [3.8, 4) is 0 Å². The highest BCUT2D eigenvalue weighted by molar-refractivity contribution is 6.07. The first-order valence-corrected chi connectivity index (χ1v) is 7.92. The monoisotopic (exact) mass is 316 g/mol. The number of carbonyl (C=O) groups excluding carboxylic acids is 3. The Hall–Kier alpha value is -2.44. The van der Waals surface area contributed by atoms with Gasteiger partial charge in [0.15, 0.2) is 0 Å². The van der Waals surface area contributed by atoms with Crippen molar-refractivity contribution in [2.45, 2.75) is 38.1 Å². The van der Waals surface area contributed by atoms with E-state index < -0.39 is 11.6 Å². The molecular formula is C16H20N4O3. The average molecular weight is 316 g/mol. The largest absolute Gasteiger partial charge is 0.350 e. The molecule has 0 bridgehead atoms. The molecule has 7 nitrogen and oxygen atoms in total. The molecule has 2 aliphatic rings. The van der Waals surface area contributed by atoms with Crippen LogP contribution in [0.3, 0.4) is 0 Å². The number of rotatable bonds is 4. The second-order valence-corrected chi connectivity index (χ2v) is 6.04. The first kappa shape index (κ1) is 15.5. The smallest absolute Gasteiger partial charge is 0.322 e. The molecule has 1 aliphatic heterocycles. The predicted octanol–water partition coefficient (Wildman–Crippen LogP) is 0.752. The van der Waals surface area contributed by atoms with Crippen molar-refractivity contribution >= 4 is 17.8 Å². The highest BCUT2D eigenvalue weighted by Gasteiger charge is 2.54. The molecule has 23 heavy (non-hydrogen) atoms. The minimum Gasteiger partial charge on any atom is -0.350 e. The van der Waals surface area contributed by atoms with Crippen LogP contribution in [0.1, 0.15) is 42.2 Å². The Balaban J connectivity index is 1.69. The normalized spacial score (nSPS) is 26.2. The summed E-state index contributed by atoms with van der Waals surface area (Å²) in [6, 6.07) is 3.23. The van der Waals surface area contributed by atoms with Crippen LogP contribution >= 0.6 is 0 Å². The van der Waals surface area contributed by atoms with Gasteiger partial charge < -0.3 is 10.6 Å². The van der Waals surface area contributed by atoms with Crippen molar-refractivity contribution in [1.82, 2.24) is 20.9 Å². The third-order valence-electron chi connectivity index (χ3n) is 4.79. The lowest BCUT2D eigenvalue weighted by Crippen LogP contribution is -2.53. The predicted molar refractivity (Wildman–Crippen MR) is 82.7 cm³/mol. The molecule has 1 saturated heterocycles. The van der Waals surface area contributed by atoms with Crippen LogP contribution in [0.4, 0.5) is 4.79 Å². The van der Waals surface area contributed by atoms with Crippen molar-refractivity contribution in [2.75, 3.05) is 6.54 Å². The van der Waals surface area contributed by atoms with Gasteiger partial charge in [0.2, 0.25) is 0 Å². The number of hydrogen-bond acceptors (Lipinski definition) is 4. The van der Waals surface area contributed by atoms with E-state index in [0.29, 0.717) is 18.7 Å². The van der Waals surface area contributed by atoms with Gasteiger partial charge in [-0.2, -0.15) is 0 Å². The summed E-state index contributed by atoms with van der Waals surface area (Å²) in [6.45, 7) is 2.31. The van der Waals surface area contributed by atoms with Gasteiger partial charge in [-0.25, -0.2) is 4.79 Å². The summed E-state index contributed by atoms with van der Waals surface area (Å²) in [5.41, 5.74) is 0.433. The van der Waals surface area contributed by atoms with E-state index in [1.54, 1.807) is 12.3 Å². The number of pyridine rings is 1. The highest BCUT2D eigenvalue weighted by Crippen LogP contribution is 2.37. The Bertz CT molecular complexity index is 660. The van der Waals surface area contributed by atoms with Gasteiger partial charge in [0.1, 0.15) is 11.2 Å². The second-order valence-electron chi connectivity index (χ2n) is 6.04. The average Bonchev–Trinajstić information content (AvgIpc) is 3.08. The summed E-state index contributed by atoms with van der Waals surface area (Å²) < 4.78 is 0. The first-order valence-electron chi connectivity index (χ1n) is 7.92. The van der Waals surface area contributed by atoms with Crippen molar-refractivity contribution < 1.29 is 14.4 Å². The number of aryl methyl sites for hydroxylation is 1. The Kier molecular flexibility index (Phi) is 4.02. The number of imide groups is 1. The fraction of sp³-hybridized carbons (Fsp3) is 0.500. The van der Waals surface area contributed by atoms with Gasteiger partial charge in [0.25, 0.3) is 11.8 Å². The number of carbonyl (C=O) groups is 3. The number of nitrogens with zero attached hydrogens (tertiary/aromatic N) is 1. The maximum Gasteiger partial charge on any atom is 0.322 e. The van der Waals surface area contributed by atoms with Crippen LogP contribution in [0.5, 0.6) is 0 Å². The van der Waals surface area contributed by atoms with Gasteiger partial charge in [-0.1, -0.05) is 19.4 Å². The molecule has 3 rings (SSSR count). The number of amides is 4. The molecular weight excluding hydrogens is 296 g/mol. The number of urea groups is 1. The lowest BCUT2D eigenvalue weighted by molar-refractivity contribution is -0.125. The minimum absolute atomic E-state index is 0.105. The van der Waals surface area contributed by atoms with E-state index >= 15 is 0 Å². The fourth-order valence-corrected chi connectivity index (χ4v) is 3.55. The number of hydrogen-bond donors (Lipinski definition) is 3. The highest BCUT2D eigenvalue weighted by atomic mass is 16.2. The van der Waals surface area contributed by atoms with Gasteiger partial charge in [-0.15, -0.1) is 0 Å². The van der Waals surface area contributed by atoms with E-state index in [2.05, 4.69) is 20.9 Å². The molecule has 0 aromatic carbocycles. The van der Waals surface area contributed by atoms with E-state index in [9.17, 15) is 14.4 Å². The summed E-state index contributed by atoms with van der Waals surface area (Å²) in [4.78, 5) is 40.1. The van der Waals surface area contributed by atoms with Crippen LogP contribution < -0.4 is 16.0 Å². The fourth-order valence-electron chi connectivity index (χ4n) is 3.55. The Morgan fingerprint density at radius 1 is 1.48 bits per heavy atom. The third-order valence-corrected chi connectivity index (χ3v) is 4.79. The number of nitrogens with one attached hydrogen (secondary N) is 3. The molecule has 122 valence electrons. The molecule has 0 unspecified atom stereocenters. The third kappa shape index (κ3) is 2.67. The van der Waals surface area contributed by atoms with Crippen molar-refractivity contribution in [3.05, 3.63) is 29.6 Å². The van der Waals surface area contributed by atoms with Gasteiger partial charge in [-0.3, -0.25) is 19.9 Å². The molecule has 1 aliphatic carbocycles. The Morgan fingerprint density at radius 3 is 3.00 bits per heavy atom. The van der Waals surface area contributed by atoms with Crippen molar-refractivity contribution in [2.24, 2.45) is 5.92 Å². The molecule has 2 heterocycles. The molecule has 1 aromatic rings. The van der Waals surface area contributed by atoms with Gasteiger partial charge in [0, 0.05) is 18.7 Å². The second kappa shape index (κ2) is 5.98. The topological polar surface area (TPSA) is 100 Å². The SMILES string of the molecule is CCc1cccnc1C(=O)NC[C@H]1CCC[C@]12NC(=O)NC2=O. The zero-order valence-corrected chi connectivity index (χ0v) is 13.0. The van der Waals surface area contributed by atoms with Crippen LogP contribution in [0.25, 0.3) is 0 Å². The van der Waals surface area contributed by atoms with E-state index in [1.165, 1.54) is 0 Å². The molecule has 0 radical (unpaired) electrons. The lowest BCUT2D eigenvalue weighted by atomic mass is 9.87. The van der Waals surface area contributed by atoms with E-state index in [1.807, 2.05) is 13.0 Å². The summed E-state index contributed by atoms with van der Waals surface area (Å²) in [5.74, 6) is -0.632. The molecule has 4 amide bonds. The maximum absolute atomic E-state index is 12.4. The van der Waals surface area contributed by atoms with Gasteiger partial charge in [0.05, 0.1) is 0 Å². The molecule has 2 atom stereocenters. The Labute approximate surface area is 134 Å². The van der Waals surface area contributed by atoms with Gasteiger partial charge in [-0.05, 0) is 30.9 Å². The molecule has 3 N–H and O–H groups in total. The van der Waals surface area contributed by atoms with Crippen molar-refractivity contribution in [1.29, 1.82) is 0 Å². The van der Waals surface area contributed by atoms with Crippen LogP contribution in [-0.2, 0) is 11.2 Å². The zero-order chi connectivity index (χ0) is 16.4. The minimum atomic E-state index is -0.873. The lowest BCUT2D eigenvalue weighted by Gasteiger charge is -2.28. The summed E-state index contributed by atoms with van der Waals surface area (Å²) in [5, 5.41) is 7.92. The molecule has 2 fully saturated rings. The van der Waals surface area contributed by atoms with E-state index in [0.717, 1.165) is 24.8 Å². The zero-order valence-electron chi connectivity index (χ0n) is 13.0. The van der Waals surface area contributed by atoms with Crippen LogP contribution in [0.2, 0.25) is 0 Å². The van der Waals surface area contributed by atoms with Crippen LogP contribution in [-0.4, -0.2) is 34.9 Å². The van der Waals surface area contributed by atoms with Crippen molar-refractivity contribution in [3.63, 3.8) is 0 Å². The molecule has 1 saturated carbocycles. The maximum atomic E-state index is 12.4. The summed E-state index contributed by atoms with van der Waals surface area (Å²) >= 11 is 0. The summed E-state index contributed by atoms with van der Waals surface area (Å²) in [7, 11) is 0. The van der Waals surface area contributed by atoms with Crippen LogP contribution in [0.15, 0.2) is 18.3 Å². The summed E-state index contributed by atoms with van der Waals surface area (Å²) in [6.07, 6.45) is 4.56. The first-order chi connectivity index (χ1) is 11.1. The standard InChI is InChI=1S/C16H20N4O3/c1-2-10-5-4-8-17-12(10)13(21)18-9-11-6-3-7-16(11)14(22)19-15(23)20-16/h4-5,8,11H,2-3,6-7,9H2,1H3,(H,18,21)(H2,19,20,22,23)/t11-,16+/m1/s1.